The number of hydrogen-bond donors (Lipinski definition) is 1. The normalized spacial score (nSPS) is 10.7. The van der Waals surface area contributed by atoms with E-state index in [-0.39, 0.29) is 0 Å². The van der Waals surface area contributed by atoms with Crippen LogP contribution in [0.3, 0.4) is 0 Å². The van der Waals surface area contributed by atoms with Gasteiger partial charge >= 0.3 is 0 Å². The minimum absolute atomic E-state index is 0.316. The number of nitrogens with one attached hydrogen (secondary N) is 1. The smallest absolute Gasteiger partial charge is 0.162 e. The maximum atomic E-state index is 6.22. The van der Waals surface area contributed by atoms with Gasteiger partial charge in [-0.15, -0.1) is 0 Å². The molecule has 1 aromatic heterocycles. The molecule has 0 saturated heterocycles. The van der Waals surface area contributed by atoms with Crippen LogP contribution in [0.25, 0.3) is 0 Å². The van der Waals surface area contributed by atoms with Crippen molar-refractivity contribution in [2.24, 2.45) is 0 Å². The van der Waals surface area contributed by atoms with Crippen molar-refractivity contribution in [3.05, 3.63) is 86.1 Å². The Morgan fingerprint density at radius 3 is 2.57 bits per heavy atom. The lowest BCUT2D eigenvalue weighted by molar-refractivity contribution is 0.284. The molecule has 0 fully saturated rings. The zero-order chi connectivity index (χ0) is 19.9. The highest BCUT2D eigenvalue weighted by Gasteiger charge is 2.12. The number of rotatable bonds is 8. The number of methoxy groups -OCH3 is 1. The van der Waals surface area contributed by atoms with Gasteiger partial charge in [-0.1, -0.05) is 51.3 Å². The van der Waals surface area contributed by atoms with Crippen LogP contribution in [0, 0.1) is 0 Å². The molecule has 0 bridgehead atoms. The second-order valence-corrected chi connectivity index (χ2v) is 7.74. The largest absolute Gasteiger partial charge is 0.493 e. The van der Waals surface area contributed by atoms with Crippen LogP contribution >= 0.6 is 39.1 Å². The molecular formula is C21H19BrCl2N2O2. The summed E-state index contributed by atoms with van der Waals surface area (Å²) in [6.45, 7) is 1.66. The van der Waals surface area contributed by atoms with Crippen LogP contribution in [0.4, 0.5) is 0 Å². The minimum atomic E-state index is 0.316. The molecule has 7 heteroatoms. The second kappa shape index (κ2) is 10.1. The predicted molar refractivity (Wildman–Crippen MR) is 116 cm³/mol. The van der Waals surface area contributed by atoms with Gasteiger partial charge in [0.2, 0.25) is 0 Å². The molecule has 0 aliphatic rings. The number of halogens is 3. The highest BCUT2D eigenvalue weighted by molar-refractivity contribution is 9.10. The van der Waals surface area contributed by atoms with Crippen LogP contribution in [-0.4, -0.2) is 12.1 Å². The quantitative estimate of drug-likeness (QED) is 0.426. The van der Waals surface area contributed by atoms with E-state index in [1.165, 1.54) is 0 Å². The van der Waals surface area contributed by atoms with Gasteiger partial charge in [0.25, 0.3) is 0 Å². The van der Waals surface area contributed by atoms with E-state index < -0.39 is 0 Å². The zero-order valence-corrected chi connectivity index (χ0v) is 18.3. The summed E-state index contributed by atoms with van der Waals surface area (Å²) in [5.41, 5.74) is 2.90. The molecule has 0 radical (unpaired) electrons. The highest BCUT2D eigenvalue weighted by atomic mass is 79.9. The van der Waals surface area contributed by atoms with Crippen molar-refractivity contribution < 1.29 is 9.47 Å². The molecule has 3 rings (SSSR count). The van der Waals surface area contributed by atoms with Gasteiger partial charge < -0.3 is 14.8 Å². The molecule has 3 aromatic rings. The summed E-state index contributed by atoms with van der Waals surface area (Å²) in [4.78, 5) is 4.31. The van der Waals surface area contributed by atoms with Crippen LogP contribution in [0.1, 0.15) is 16.8 Å². The molecule has 0 amide bonds. The van der Waals surface area contributed by atoms with Crippen molar-refractivity contribution in [2.75, 3.05) is 7.11 Å². The Labute approximate surface area is 182 Å². The van der Waals surface area contributed by atoms with Crippen molar-refractivity contribution in [3.8, 4) is 11.5 Å². The van der Waals surface area contributed by atoms with Gasteiger partial charge in [0, 0.05) is 39.4 Å². The number of hydrogen-bond acceptors (Lipinski definition) is 4. The molecule has 1 N–H and O–H groups in total. The molecule has 1 heterocycles. The summed E-state index contributed by atoms with van der Waals surface area (Å²) in [5.74, 6) is 1.29. The van der Waals surface area contributed by atoms with E-state index in [1.807, 2.05) is 36.4 Å². The molecule has 0 unspecified atom stereocenters. The second-order valence-electron chi connectivity index (χ2n) is 6.04. The molecular weight excluding hydrogens is 463 g/mol. The summed E-state index contributed by atoms with van der Waals surface area (Å²) in [7, 11) is 1.62. The van der Waals surface area contributed by atoms with Gasteiger partial charge in [-0.2, -0.15) is 0 Å². The first-order valence-electron chi connectivity index (χ1n) is 8.60. The van der Waals surface area contributed by atoms with Crippen molar-refractivity contribution in [1.29, 1.82) is 0 Å². The van der Waals surface area contributed by atoms with Crippen LogP contribution in [0.5, 0.6) is 11.5 Å². The maximum absolute atomic E-state index is 6.22. The minimum Gasteiger partial charge on any atom is -0.493 e. The van der Waals surface area contributed by atoms with Crippen LogP contribution in [-0.2, 0) is 19.7 Å². The van der Waals surface area contributed by atoms with Gasteiger partial charge in [0.1, 0.15) is 6.61 Å². The van der Waals surface area contributed by atoms with Gasteiger partial charge in [-0.3, -0.25) is 4.98 Å². The van der Waals surface area contributed by atoms with Crippen molar-refractivity contribution in [3.63, 3.8) is 0 Å². The van der Waals surface area contributed by atoms with Crippen molar-refractivity contribution >= 4 is 39.1 Å². The maximum Gasteiger partial charge on any atom is 0.162 e. The fraction of sp³-hybridized carbons (Fsp3) is 0.190. The Hall–Kier alpha value is -1.79. The highest BCUT2D eigenvalue weighted by Crippen LogP contribution is 2.34. The first-order chi connectivity index (χ1) is 13.6. The summed E-state index contributed by atoms with van der Waals surface area (Å²) in [5, 5.41) is 4.55. The standard InChI is InChI=1S/C21H19BrCl2N2O2/c1-27-20-8-15(11-25-12-17-4-2-3-7-26-17)18(22)10-21(20)28-13-14-5-6-16(23)9-19(14)24/h2-10,25H,11-13H2,1H3. The van der Waals surface area contributed by atoms with Gasteiger partial charge in [0.05, 0.1) is 12.8 Å². The summed E-state index contributed by atoms with van der Waals surface area (Å²) >= 11 is 15.8. The van der Waals surface area contributed by atoms with Crippen molar-refractivity contribution in [2.45, 2.75) is 19.7 Å². The van der Waals surface area contributed by atoms with Gasteiger partial charge in [-0.05, 0) is 42.0 Å². The Kier molecular flexibility index (Phi) is 7.57. The average Bonchev–Trinajstić information content (AvgIpc) is 2.69. The summed E-state index contributed by atoms with van der Waals surface area (Å²) < 4.78 is 12.4. The number of ether oxygens (including phenoxy) is 2. The van der Waals surface area contributed by atoms with Gasteiger partial charge in [-0.25, -0.2) is 0 Å². The van der Waals surface area contributed by atoms with Crippen LogP contribution in [0.2, 0.25) is 10.0 Å². The summed E-state index contributed by atoms with van der Waals surface area (Å²) in [6, 6.07) is 15.1. The lowest BCUT2D eigenvalue weighted by atomic mass is 10.2. The molecule has 2 aromatic carbocycles. The third-order valence-corrected chi connectivity index (χ3v) is 5.40. The van der Waals surface area contributed by atoms with E-state index in [4.69, 9.17) is 32.7 Å². The lowest BCUT2D eigenvalue weighted by Gasteiger charge is -2.15. The third kappa shape index (κ3) is 5.61. The zero-order valence-electron chi connectivity index (χ0n) is 15.2. The average molecular weight is 482 g/mol. The van der Waals surface area contributed by atoms with E-state index in [0.29, 0.717) is 41.2 Å². The number of benzene rings is 2. The van der Waals surface area contributed by atoms with E-state index in [0.717, 1.165) is 21.3 Å². The molecule has 0 spiro atoms. The van der Waals surface area contributed by atoms with Crippen LogP contribution < -0.4 is 14.8 Å². The first kappa shape index (κ1) is 20.9. The molecule has 0 atom stereocenters. The fourth-order valence-electron chi connectivity index (χ4n) is 2.61. The van der Waals surface area contributed by atoms with Crippen LogP contribution in [0.15, 0.2) is 59.2 Å². The Balaban J connectivity index is 1.66. The first-order valence-corrected chi connectivity index (χ1v) is 10.2. The van der Waals surface area contributed by atoms with E-state index in [2.05, 4.69) is 26.2 Å². The third-order valence-electron chi connectivity index (χ3n) is 4.08. The number of nitrogens with zero attached hydrogens (tertiary/aromatic N) is 1. The topological polar surface area (TPSA) is 43.4 Å². The van der Waals surface area contributed by atoms with Crippen molar-refractivity contribution in [1.82, 2.24) is 10.3 Å². The molecule has 0 aliphatic carbocycles. The Morgan fingerprint density at radius 1 is 1.00 bits per heavy atom. The van der Waals surface area contributed by atoms with E-state index in [1.54, 1.807) is 25.4 Å². The Morgan fingerprint density at radius 2 is 1.86 bits per heavy atom. The lowest BCUT2D eigenvalue weighted by Crippen LogP contribution is -2.14. The summed E-state index contributed by atoms with van der Waals surface area (Å²) in [6.07, 6.45) is 1.79. The molecule has 0 saturated carbocycles. The SMILES string of the molecule is COc1cc(CNCc2ccccn2)c(Br)cc1OCc1ccc(Cl)cc1Cl. The number of pyridine rings is 1. The fourth-order valence-corrected chi connectivity index (χ4v) is 3.53. The molecule has 0 aliphatic heterocycles. The molecule has 146 valence electrons. The van der Waals surface area contributed by atoms with E-state index >= 15 is 0 Å². The van der Waals surface area contributed by atoms with E-state index in [9.17, 15) is 0 Å². The monoisotopic (exact) mass is 480 g/mol. The Bertz CT molecular complexity index is 939. The molecule has 28 heavy (non-hydrogen) atoms. The van der Waals surface area contributed by atoms with Gasteiger partial charge in [0.15, 0.2) is 11.5 Å². The number of aromatic nitrogens is 1. The molecule has 4 nitrogen and oxygen atoms in total. The predicted octanol–water partition coefficient (Wildman–Crippen LogP) is 6.03.